The largest absolute Gasteiger partial charge is 0.378 e. The molecular weight excluding hydrogens is 364 g/mol. The Labute approximate surface area is 164 Å². The number of benzene rings is 2. The van der Waals surface area contributed by atoms with E-state index in [-0.39, 0.29) is 0 Å². The first-order valence-electron chi connectivity index (χ1n) is 8.19. The van der Waals surface area contributed by atoms with Crippen molar-refractivity contribution in [2.75, 3.05) is 48.2 Å². The lowest BCUT2D eigenvalue weighted by Gasteiger charge is -2.20. The van der Waals surface area contributed by atoms with E-state index in [9.17, 15) is 0 Å². The highest BCUT2D eigenvalue weighted by molar-refractivity contribution is 8.36. The van der Waals surface area contributed by atoms with Gasteiger partial charge in [-0.3, -0.25) is 0 Å². The van der Waals surface area contributed by atoms with Crippen molar-refractivity contribution in [3.63, 3.8) is 0 Å². The molecule has 1 fully saturated rings. The fraction of sp³-hybridized carbons (Fsp3) is 0.300. The Balaban J connectivity index is 2.03. The van der Waals surface area contributed by atoms with Gasteiger partial charge in [0.15, 0.2) is 0 Å². The first-order chi connectivity index (χ1) is 12.1. The number of rotatable bonds is 4. The van der Waals surface area contributed by atoms with E-state index in [1.54, 1.807) is 0 Å². The minimum Gasteiger partial charge on any atom is -0.378 e. The highest BCUT2D eigenvalue weighted by Gasteiger charge is 2.17. The monoisotopic (exact) mass is 388 g/mol. The molecule has 1 heterocycles. The van der Waals surface area contributed by atoms with E-state index in [4.69, 9.17) is 0 Å². The molecule has 5 heteroatoms. The van der Waals surface area contributed by atoms with Crippen LogP contribution >= 0.6 is 35.3 Å². The zero-order chi connectivity index (χ0) is 17.8. The summed E-state index contributed by atoms with van der Waals surface area (Å²) in [5.74, 6) is 0. The van der Waals surface area contributed by atoms with Gasteiger partial charge in [-0.2, -0.15) is 0 Å². The van der Waals surface area contributed by atoms with Gasteiger partial charge in [-0.1, -0.05) is 24.3 Å². The Bertz CT molecular complexity index is 673. The topological polar surface area (TPSA) is 6.48 Å². The zero-order valence-corrected chi connectivity index (χ0v) is 17.6. The molecule has 0 saturated carbocycles. The van der Waals surface area contributed by atoms with Crippen LogP contribution in [0.4, 0.5) is 11.4 Å². The van der Waals surface area contributed by atoms with Gasteiger partial charge in [0.2, 0.25) is 0 Å². The SMILES string of the molecule is CN(C)c1ccc(C(=C2SCSCS2)c2ccc(N(C)C)cc2)cc1. The van der Waals surface area contributed by atoms with E-state index in [1.807, 2.05) is 35.3 Å². The molecule has 1 aliphatic rings. The van der Waals surface area contributed by atoms with Crippen LogP contribution in [0.5, 0.6) is 0 Å². The fourth-order valence-corrected chi connectivity index (χ4v) is 7.03. The van der Waals surface area contributed by atoms with Gasteiger partial charge in [0.25, 0.3) is 0 Å². The number of nitrogens with zero attached hydrogens (tertiary/aromatic N) is 2. The van der Waals surface area contributed by atoms with Crippen molar-refractivity contribution < 1.29 is 0 Å². The van der Waals surface area contributed by atoms with Gasteiger partial charge >= 0.3 is 0 Å². The van der Waals surface area contributed by atoms with E-state index in [1.165, 1.54) is 32.3 Å². The van der Waals surface area contributed by atoms with Crippen molar-refractivity contribution in [3.8, 4) is 0 Å². The summed E-state index contributed by atoms with van der Waals surface area (Å²) in [4.78, 5) is 4.28. The predicted molar refractivity (Wildman–Crippen MR) is 120 cm³/mol. The maximum Gasteiger partial charge on any atom is 0.0502 e. The van der Waals surface area contributed by atoms with Gasteiger partial charge in [-0.25, -0.2) is 0 Å². The molecule has 25 heavy (non-hydrogen) atoms. The molecule has 0 amide bonds. The number of thioether (sulfide) groups is 3. The molecule has 0 unspecified atom stereocenters. The van der Waals surface area contributed by atoms with Crippen LogP contribution in [-0.4, -0.2) is 38.4 Å². The summed E-state index contributed by atoms with van der Waals surface area (Å²) < 4.78 is 1.44. The standard InChI is InChI=1S/C20H24N2S3/c1-21(2)17-9-5-15(6-10-17)19(20-24-13-23-14-25-20)16-7-11-18(12-8-16)22(3)4/h5-12H,13-14H2,1-4H3. The lowest BCUT2D eigenvalue weighted by molar-refractivity contribution is 1.13. The third-order valence-corrected chi connectivity index (χ3v) is 8.01. The Morgan fingerprint density at radius 3 is 1.44 bits per heavy atom. The van der Waals surface area contributed by atoms with Crippen LogP contribution in [0.25, 0.3) is 5.57 Å². The summed E-state index contributed by atoms with van der Waals surface area (Å²) in [6.45, 7) is 0. The number of anilines is 2. The third kappa shape index (κ3) is 4.52. The van der Waals surface area contributed by atoms with Gasteiger partial charge in [0, 0.05) is 55.3 Å². The smallest absolute Gasteiger partial charge is 0.0502 e. The summed E-state index contributed by atoms with van der Waals surface area (Å²) >= 11 is 5.93. The Morgan fingerprint density at radius 2 is 1.08 bits per heavy atom. The normalized spacial score (nSPS) is 14.3. The molecular formula is C20H24N2S3. The lowest BCUT2D eigenvalue weighted by Crippen LogP contribution is -2.08. The lowest BCUT2D eigenvalue weighted by atomic mass is 9.99. The van der Waals surface area contributed by atoms with Crippen molar-refractivity contribution in [2.24, 2.45) is 0 Å². The molecule has 0 aliphatic carbocycles. The molecule has 2 aromatic rings. The first-order valence-corrected chi connectivity index (χ1v) is 11.3. The second kappa shape index (κ2) is 8.47. The molecule has 0 radical (unpaired) electrons. The average Bonchev–Trinajstić information content (AvgIpc) is 2.64. The second-order valence-corrected chi connectivity index (χ2v) is 10.2. The van der Waals surface area contributed by atoms with Crippen LogP contribution in [0.3, 0.4) is 0 Å². The van der Waals surface area contributed by atoms with Crippen molar-refractivity contribution in [2.45, 2.75) is 0 Å². The van der Waals surface area contributed by atoms with Gasteiger partial charge in [-0.05, 0) is 35.4 Å². The number of hydrogen-bond acceptors (Lipinski definition) is 5. The maximum atomic E-state index is 2.25. The summed E-state index contributed by atoms with van der Waals surface area (Å²) in [6, 6.07) is 17.8. The van der Waals surface area contributed by atoms with Crippen LogP contribution in [0, 0.1) is 0 Å². The molecule has 2 aromatic carbocycles. The summed E-state index contributed by atoms with van der Waals surface area (Å²) in [5, 5.41) is 2.27. The van der Waals surface area contributed by atoms with E-state index in [2.05, 4.69) is 86.5 Å². The van der Waals surface area contributed by atoms with Crippen LogP contribution in [0.15, 0.2) is 52.8 Å². The molecule has 0 aromatic heterocycles. The molecule has 0 N–H and O–H groups in total. The number of hydrogen-bond donors (Lipinski definition) is 0. The Kier molecular flexibility index (Phi) is 6.31. The minimum atomic E-state index is 1.14. The molecule has 0 bridgehead atoms. The van der Waals surface area contributed by atoms with E-state index < -0.39 is 0 Å². The van der Waals surface area contributed by atoms with Gasteiger partial charge in [-0.15, -0.1) is 35.3 Å². The molecule has 132 valence electrons. The maximum absolute atomic E-state index is 2.25. The van der Waals surface area contributed by atoms with E-state index in [0.29, 0.717) is 0 Å². The van der Waals surface area contributed by atoms with Crippen molar-refractivity contribution in [1.82, 2.24) is 0 Å². The molecule has 0 atom stereocenters. The van der Waals surface area contributed by atoms with Crippen LogP contribution in [0.2, 0.25) is 0 Å². The first kappa shape index (κ1) is 18.6. The summed E-state index contributed by atoms with van der Waals surface area (Å²) in [7, 11) is 8.33. The third-order valence-electron chi connectivity index (χ3n) is 4.10. The summed E-state index contributed by atoms with van der Waals surface area (Å²) in [6.07, 6.45) is 0. The molecule has 0 spiro atoms. The highest BCUT2D eigenvalue weighted by atomic mass is 32.3. The van der Waals surface area contributed by atoms with Crippen molar-refractivity contribution in [1.29, 1.82) is 0 Å². The molecule has 1 aliphatic heterocycles. The molecule has 3 rings (SSSR count). The minimum absolute atomic E-state index is 1.14. The van der Waals surface area contributed by atoms with Gasteiger partial charge in [0.1, 0.15) is 0 Å². The van der Waals surface area contributed by atoms with Crippen LogP contribution in [0.1, 0.15) is 11.1 Å². The predicted octanol–water partition coefficient (Wildman–Crippen LogP) is 5.66. The Morgan fingerprint density at radius 1 is 0.680 bits per heavy atom. The van der Waals surface area contributed by atoms with E-state index in [0.717, 1.165) is 10.2 Å². The highest BCUT2D eigenvalue weighted by Crippen LogP contribution is 2.46. The quantitative estimate of drug-likeness (QED) is 0.664. The average molecular weight is 389 g/mol. The van der Waals surface area contributed by atoms with Crippen LogP contribution < -0.4 is 9.80 Å². The molecule has 2 nitrogen and oxygen atoms in total. The van der Waals surface area contributed by atoms with Gasteiger partial charge < -0.3 is 9.80 Å². The van der Waals surface area contributed by atoms with Crippen LogP contribution in [-0.2, 0) is 0 Å². The second-order valence-electron chi connectivity index (χ2n) is 6.27. The Hall–Kier alpha value is -1.17. The summed E-state index contributed by atoms with van der Waals surface area (Å²) in [5.41, 5.74) is 6.42. The zero-order valence-electron chi connectivity index (χ0n) is 15.2. The van der Waals surface area contributed by atoms with Crippen molar-refractivity contribution in [3.05, 3.63) is 63.9 Å². The van der Waals surface area contributed by atoms with E-state index >= 15 is 0 Å². The fourth-order valence-electron chi connectivity index (χ4n) is 2.67. The van der Waals surface area contributed by atoms with Crippen molar-refractivity contribution >= 4 is 52.2 Å². The molecule has 1 saturated heterocycles. The van der Waals surface area contributed by atoms with Gasteiger partial charge in [0.05, 0.1) is 4.24 Å².